The molecule has 0 spiro atoms. The number of hydrogen-bond donors (Lipinski definition) is 1. The summed E-state index contributed by atoms with van der Waals surface area (Å²) in [5.41, 5.74) is 10.4. The second-order valence-corrected chi connectivity index (χ2v) is 15.0. The Balaban J connectivity index is 1.73. The summed E-state index contributed by atoms with van der Waals surface area (Å²) in [5, 5.41) is 10.1. The largest absolute Gasteiger partial charge is 0.461 e. The number of carbonyl (C=O) groups is 2. The molecule has 0 heterocycles. The zero-order valence-electron chi connectivity index (χ0n) is 31.9. The van der Waals surface area contributed by atoms with Crippen LogP contribution in [0.2, 0.25) is 0 Å². The Morgan fingerprint density at radius 3 is 1.55 bits per heavy atom. The van der Waals surface area contributed by atoms with Gasteiger partial charge < -0.3 is 14.6 Å². The predicted octanol–water partition coefficient (Wildman–Crippen LogP) is 10.9. The number of ether oxygens (including phenoxy) is 2. The summed E-state index contributed by atoms with van der Waals surface area (Å²) >= 11 is 0. The molecule has 0 aromatic carbocycles. The summed E-state index contributed by atoms with van der Waals surface area (Å²) in [6.45, 7) is 21.8. The first kappa shape index (κ1) is 41.5. The van der Waals surface area contributed by atoms with Gasteiger partial charge in [0.05, 0.1) is 6.42 Å². The van der Waals surface area contributed by atoms with Crippen molar-refractivity contribution in [3.8, 4) is 0 Å². The fourth-order valence-corrected chi connectivity index (χ4v) is 6.32. The molecule has 5 heteroatoms. The topological polar surface area (TPSA) is 72.8 Å². The van der Waals surface area contributed by atoms with Crippen molar-refractivity contribution in [2.45, 2.75) is 120 Å². The van der Waals surface area contributed by atoms with Gasteiger partial charge in [-0.05, 0) is 114 Å². The minimum absolute atomic E-state index is 0.000301. The van der Waals surface area contributed by atoms with Crippen molar-refractivity contribution < 1.29 is 24.2 Å². The highest BCUT2D eigenvalue weighted by atomic mass is 16.6. The molecule has 1 unspecified atom stereocenters. The van der Waals surface area contributed by atoms with Gasteiger partial charge in [0.2, 0.25) is 0 Å². The number of carbonyl (C=O) groups excluding carboxylic acids is 2. The maximum atomic E-state index is 12.2. The highest BCUT2D eigenvalue weighted by Crippen LogP contribution is 2.41. The lowest BCUT2D eigenvalue weighted by molar-refractivity contribution is -0.158. The Bertz CT molecular complexity index is 1480. The van der Waals surface area contributed by atoms with Gasteiger partial charge in [-0.25, -0.2) is 4.79 Å². The van der Waals surface area contributed by atoms with E-state index in [1.165, 1.54) is 60.8 Å². The second kappa shape index (κ2) is 20.1. The Morgan fingerprint density at radius 2 is 1.12 bits per heavy atom. The number of esters is 2. The molecule has 0 amide bonds. The van der Waals surface area contributed by atoms with E-state index in [1.807, 2.05) is 44.2 Å². The normalized spacial score (nSPS) is 20.3. The molecule has 2 aliphatic rings. The van der Waals surface area contributed by atoms with E-state index in [0.29, 0.717) is 0 Å². The van der Waals surface area contributed by atoms with E-state index in [2.05, 4.69) is 85.8 Å². The quantitative estimate of drug-likeness (QED) is 0.139. The first-order chi connectivity index (χ1) is 23.0. The number of aliphatic hydroxyl groups excluding tert-OH is 1. The highest BCUT2D eigenvalue weighted by molar-refractivity contribution is 5.81. The number of aliphatic hydroxyl groups is 1. The number of hydrogen-bond acceptors (Lipinski definition) is 5. The molecule has 0 aliphatic heterocycles. The van der Waals surface area contributed by atoms with E-state index in [-0.39, 0.29) is 24.0 Å². The van der Waals surface area contributed by atoms with Gasteiger partial charge in [-0.1, -0.05) is 122 Å². The summed E-state index contributed by atoms with van der Waals surface area (Å²) in [7, 11) is 0. The van der Waals surface area contributed by atoms with Crippen LogP contribution in [0, 0.1) is 10.8 Å². The van der Waals surface area contributed by atoms with Crippen molar-refractivity contribution in [3.05, 3.63) is 117 Å². The molecule has 0 aromatic heterocycles. The van der Waals surface area contributed by atoms with E-state index in [1.54, 1.807) is 12.2 Å². The van der Waals surface area contributed by atoms with Crippen LogP contribution in [0.5, 0.6) is 0 Å². The van der Waals surface area contributed by atoms with Crippen LogP contribution in [0.3, 0.4) is 0 Å². The van der Waals surface area contributed by atoms with Crippen molar-refractivity contribution in [1.29, 1.82) is 0 Å². The Hall–Kier alpha value is -3.70. The molecule has 49 heavy (non-hydrogen) atoms. The SMILES string of the molecule is CC1=C(/C=C/C(C)=C/C=C/C(C)=C/COC(=O)CC(O)C(=O)OC/C=C(C)/C=C/C=C(C)/C=C/C2=C(C)CCCC2(C)C)C(C)(C)CCC1. The number of rotatable bonds is 15. The lowest BCUT2D eigenvalue weighted by atomic mass is 9.72. The van der Waals surface area contributed by atoms with Crippen molar-refractivity contribution in [2.24, 2.45) is 10.8 Å². The molecule has 0 saturated carbocycles. The first-order valence-corrected chi connectivity index (χ1v) is 17.8. The maximum absolute atomic E-state index is 12.2. The van der Waals surface area contributed by atoms with Crippen LogP contribution in [0.15, 0.2) is 117 Å². The lowest BCUT2D eigenvalue weighted by Crippen LogP contribution is -2.27. The summed E-state index contributed by atoms with van der Waals surface area (Å²) in [5.74, 6) is -1.52. The molecule has 0 radical (unpaired) electrons. The molecular formula is C44H62O5. The highest BCUT2D eigenvalue weighted by Gasteiger charge is 2.27. The third-order valence-corrected chi connectivity index (χ3v) is 9.46. The standard InChI is InChI=1S/C44H62O5/c1-32(21-23-38-36(5)19-13-27-43(38,7)8)15-11-17-34(3)25-29-48-41(46)31-40(45)42(47)49-30-26-35(4)18-12-16-33(2)22-24-39-37(6)20-14-28-44(39,9)10/h11-12,15-18,21-26,40,45H,13-14,19-20,27-31H2,1-10H3/b17-11+,18-12+,23-21+,24-22+,32-15+,33-16+,34-25+,35-26+. The fraction of sp³-hybridized carbons (Fsp3) is 0.500. The van der Waals surface area contributed by atoms with E-state index in [4.69, 9.17) is 9.47 Å². The molecule has 1 atom stereocenters. The van der Waals surface area contributed by atoms with Crippen LogP contribution in [-0.4, -0.2) is 36.4 Å². The van der Waals surface area contributed by atoms with Crippen LogP contribution in [0.1, 0.15) is 114 Å². The molecule has 2 rings (SSSR count). The molecule has 0 bridgehead atoms. The Morgan fingerprint density at radius 1 is 0.694 bits per heavy atom. The van der Waals surface area contributed by atoms with E-state index in [9.17, 15) is 14.7 Å². The van der Waals surface area contributed by atoms with Crippen LogP contribution in [0.25, 0.3) is 0 Å². The minimum atomic E-state index is -1.58. The van der Waals surface area contributed by atoms with Gasteiger partial charge >= 0.3 is 11.9 Å². The van der Waals surface area contributed by atoms with Gasteiger partial charge in [0.1, 0.15) is 13.2 Å². The number of allylic oxidation sites excluding steroid dienone is 18. The Kier molecular flexibility index (Phi) is 17.0. The van der Waals surface area contributed by atoms with Crippen LogP contribution >= 0.6 is 0 Å². The van der Waals surface area contributed by atoms with Crippen molar-refractivity contribution in [2.75, 3.05) is 13.2 Å². The van der Waals surface area contributed by atoms with Crippen molar-refractivity contribution >= 4 is 11.9 Å². The van der Waals surface area contributed by atoms with Gasteiger partial charge in [0, 0.05) is 0 Å². The first-order valence-electron chi connectivity index (χ1n) is 17.8. The smallest absolute Gasteiger partial charge is 0.335 e. The molecule has 0 fully saturated rings. The van der Waals surface area contributed by atoms with Crippen LogP contribution in [0.4, 0.5) is 0 Å². The summed E-state index contributed by atoms with van der Waals surface area (Å²) < 4.78 is 10.3. The van der Waals surface area contributed by atoms with Gasteiger partial charge in [-0.3, -0.25) is 4.79 Å². The average Bonchev–Trinajstić information content (AvgIpc) is 2.99. The zero-order valence-corrected chi connectivity index (χ0v) is 31.9. The molecular weight excluding hydrogens is 608 g/mol. The predicted molar refractivity (Wildman–Crippen MR) is 205 cm³/mol. The van der Waals surface area contributed by atoms with Crippen molar-refractivity contribution in [1.82, 2.24) is 0 Å². The van der Waals surface area contributed by atoms with E-state index in [0.717, 1.165) is 22.3 Å². The summed E-state index contributed by atoms with van der Waals surface area (Å²) in [6.07, 6.45) is 29.5. The minimum Gasteiger partial charge on any atom is -0.461 e. The fourth-order valence-electron chi connectivity index (χ4n) is 6.32. The van der Waals surface area contributed by atoms with Gasteiger partial charge in [-0.2, -0.15) is 0 Å². The van der Waals surface area contributed by atoms with Crippen LogP contribution in [-0.2, 0) is 19.1 Å². The van der Waals surface area contributed by atoms with Gasteiger partial charge in [0.15, 0.2) is 6.10 Å². The van der Waals surface area contributed by atoms with E-state index < -0.39 is 24.5 Å². The average molecular weight is 671 g/mol. The molecule has 268 valence electrons. The van der Waals surface area contributed by atoms with Gasteiger partial charge in [0.25, 0.3) is 0 Å². The monoisotopic (exact) mass is 670 g/mol. The van der Waals surface area contributed by atoms with Gasteiger partial charge in [-0.15, -0.1) is 0 Å². The van der Waals surface area contributed by atoms with Crippen LogP contribution < -0.4 is 0 Å². The molecule has 0 saturated heterocycles. The summed E-state index contributed by atoms with van der Waals surface area (Å²) in [4.78, 5) is 24.4. The molecule has 2 aliphatic carbocycles. The third-order valence-electron chi connectivity index (χ3n) is 9.46. The second-order valence-electron chi connectivity index (χ2n) is 15.0. The molecule has 0 aromatic rings. The molecule has 1 N–H and O–H groups in total. The molecule has 5 nitrogen and oxygen atoms in total. The van der Waals surface area contributed by atoms with E-state index >= 15 is 0 Å². The zero-order chi connectivity index (χ0) is 36.6. The maximum Gasteiger partial charge on any atom is 0.335 e. The Labute approximate surface area is 297 Å². The lowest BCUT2D eigenvalue weighted by Gasteiger charge is -2.33. The van der Waals surface area contributed by atoms with Crippen molar-refractivity contribution in [3.63, 3.8) is 0 Å². The summed E-state index contributed by atoms with van der Waals surface area (Å²) in [6, 6.07) is 0. The third kappa shape index (κ3) is 15.2.